The first-order valence-corrected chi connectivity index (χ1v) is 6.39. The monoisotopic (exact) mass is 274 g/mol. The lowest BCUT2D eigenvalue weighted by Gasteiger charge is -2.39. The summed E-state index contributed by atoms with van der Waals surface area (Å²) in [6.45, 7) is 7.97. The minimum atomic E-state index is 0. The van der Waals surface area contributed by atoms with Gasteiger partial charge in [0.2, 0.25) is 5.89 Å². The summed E-state index contributed by atoms with van der Waals surface area (Å²) in [5, 5.41) is 3.95. The van der Waals surface area contributed by atoms with Crippen LogP contribution >= 0.6 is 12.4 Å². The van der Waals surface area contributed by atoms with Gasteiger partial charge in [0.1, 0.15) is 0 Å². The van der Waals surface area contributed by atoms with Crippen LogP contribution in [0.25, 0.3) is 0 Å². The zero-order valence-electron chi connectivity index (χ0n) is 11.2. The second-order valence-corrected chi connectivity index (χ2v) is 5.29. The van der Waals surface area contributed by atoms with Crippen molar-refractivity contribution in [1.29, 1.82) is 0 Å². The van der Waals surface area contributed by atoms with Crippen molar-refractivity contribution in [2.75, 3.05) is 13.1 Å². The highest BCUT2D eigenvalue weighted by Crippen LogP contribution is 2.32. The molecule has 1 atom stereocenters. The molecule has 1 unspecified atom stereocenters. The number of halogens is 1. The van der Waals surface area contributed by atoms with Crippen LogP contribution in [0, 0.1) is 5.41 Å². The zero-order chi connectivity index (χ0) is 12.3. The smallest absolute Gasteiger partial charge is 0.240 e. The third-order valence-electron chi connectivity index (χ3n) is 3.76. The van der Waals surface area contributed by atoms with E-state index in [1.807, 2.05) is 0 Å². The van der Waals surface area contributed by atoms with Gasteiger partial charge in [-0.05, 0) is 31.2 Å². The molecule has 6 heteroatoms. The summed E-state index contributed by atoms with van der Waals surface area (Å²) >= 11 is 0. The van der Waals surface area contributed by atoms with Crippen molar-refractivity contribution in [1.82, 2.24) is 15.0 Å². The summed E-state index contributed by atoms with van der Waals surface area (Å²) < 4.78 is 5.02. The predicted octanol–water partition coefficient (Wildman–Crippen LogP) is 1.96. The molecule has 1 aromatic rings. The topological polar surface area (TPSA) is 68.2 Å². The van der Waals surface area contributed by atoms with Crippen LogP contribution in [0.5, 0.6) is 0 Å². The molecule has 104 valence electrons. The highest BCUT2D eigenvalue weighted by Gasteiger charge is 2.29. The van der Waals surface area contributed by atoms with Crippen molar-refractivity contribution in [3.63, 3.8) is 0 Å². The molecule has 0 aromatic carbocycles. The van der Waals surface area contributed by atoms with E-state index in [0.29, 0.717) is 17.9 Å². The molecular formula is C12H23ClN4O. The van der Waals surface area contributed by atoms with Crippen molar-refractivity contribution in [3.8, 4) is 0 Å². The molecule has 1 saturated heterocycles. The summed E-state index contributed by atoms with van der Waals surface area (Å²) in [7, 11) is 0. The van der Waals surface area contributed by atoms with E-state index in [-0.39, 0.29) is 12.4 Å². The number of hydrogen-bond acceptors (Lipinski definition) is 5. The van der Waals surface area contributed by atoms with Gasteiger partial charge in [0.15, 0.2) is 5.82 Å². The molecule has 0 radical (unpaired) electrons. The molecular weight excluding hydrogens is 252 g/mol. The average Bonchev–Trinajstić information content (AvgIpc) is 2.77. The van der Waals surface area contributed by atoms with Crippen molar-refractivity contribution in [3.05, 3.63) is 11.7 Å². The van der Waals surface area contributed by atoms with Crippen molar-refractivity contribution < 1.29 is 4.52 Å². The lowest BCUT2D eigenvalue weighted by molar-refractivity contribution is 0.0909. The Bertz CT molecular complexity index is 371. The number of hydrogen-bond donors (Lipinski definition) is 1. The highest BCUT2D eigenvalue weighted by molar-refractivity contribution is 5.85. The van der Waals surface area contributed by atoms with E-state index in [9.17, 15) is 0 Å². The van der Waals surface area contributed by atoms with Crippen LogP contribution in [0.3, 0.4) is 0 Å². The van der Waals surface area contributed by atoms with E-state index >= 15 is 0 Å². The Morgan fingerprint density at radius 3 is 2.89 bits per heavy atom. The van der Waals surface area contributed by atoms with Gasteiger partial charge in [0, 0.05) is 6.54 Å². The summed E-state index contributed by atoms with van der Waals surface area (Å²) in [5.74, 6) is 1.28. The molecule has 0 aliphatic carbocycles. The fourth-order valence-electron chi connectivity index (χ4n) is 2.49. The number of nitrogens with two attached hydrogens (primary N) is 1. The Morgan fingerprint density at radius 2 is 2.28 bits per heavy atom. The summed E-state index contributed by atoms with van der Waals surface area (Å²) in [4.78, 5) is 6.67. The molecule has 1 aliphatic heterocycles. The quantitative estimate of drug-likeness (QED) is 0.909. The third kappa shape index (κ3) is 3.67. The number of piperidine rings is 1. The Balaban J connectivity index is 0.00000162. The van der Waals surface area contributed by atoms with Crippen LogP contribution in [-0.2, 0) is 13.1 Å². The minimum absolute atomic E-state index is 0. The van der Waals surface area contributed by atoms with Gasteiger partial charge < -0.3 is 10.3 Å². The molecule has 0 amide bonds. The molecule has 1 aliphatic rings. The first-order valence-electron chi connectivity index (χ1n) is 6.39. The lowest BCUT2D eigenvalue weighted by Crippen LogP contribution is -2.41. The summed E-state index contributed by atoms with van der Waals surface area (Å²) in [6, 6.07) is 0. The normalized spacial score (nSPS) is 24.8. The number of nitrogens with zero attached hydrogens (tertiary/aromatic N) is 3. The fraction of sp³-hybridized carbons (Fsp3) is 0.833. The Kier molecular flexibility index (Phi) is 5.56. The lowest BCUT2D eigenvalue weighted by atomic mass is 9.80. The van der Waals surface area contributed by atoms with Crippen LogP contribution in [0.2, 0.25) is 0 Å². The number of rotatable bonds is 4. The first-order chi connectivity index (χ1) is 8.15. The van der Waals surface area contributed by atoms with Gasteiger partial charge in [-0.2, -0.15) is 4.98 Å². The number of likely N-dealkylation sites (tertiary alicyclic amines) is 1. The molecule has 2 N–H and O–H groups in total. The zero-order valence-corrected chi connectivity index (χ0v) is 12.0. The van der Waals surface area contributed by atoms with Crippen LogP contribution in [0.4, 0.5) is 0 Å². The maximum absolute atomic E-state index is 5.45. The van der Waals surface area contributed by atoms with E-state index in [1.54, 1.807) is 0 Å². The van der Waals surface area contributed by atoms with Gasteiger partial charge in [0.05, 0.1) is 13.1 Å². The fourth-order valence-corrected chi connectivity index (χ4v) is 2.49. The maximum atomic E-state index is 5.45. The first kappa shape index (κ1) is 15.4. The molecule has 0 spiro atoms. The van der Waals surface area contributed by atoms with Crippen LogP contribution < -0.4 is 5.73 Å². The average molecular weight is 275 g/mol. The maximum Gasteiger partial charge on any atom is 0.240 e. The summed E-state index contributed by atoms with van der Waals surface area (Å²) in [5.41, 5.74) is 5.89. The Labute approximate surface area is 115 Å². The predicted molar refractivity (Wildman–Crippen MR) is 72.3 cm³/mol. The number of aromatic nitrogens is 2. The SMILES string of the molecule is CCC1(C)CCCN(Cc2noc(CN)n2)C1.Cl. The Hall–Kier alpha value is -0.650. The Morgan fingerprint density at radius 1 is 1.50 bits per heavy atom. The van der Waals surface area contributed by atoms with Gasteiger partial charge in [-0.15, -0.1) is 12.4 Å². The van der Waals surface area contributed by atoms with Gasteiger partial charge in [-0.3, -0.25) is 4.90 Å². The van der Waals surface area contributed by atoms with Gasteiger partial charge in [0.25, 0.3) is 0 Å². The molecule has 1 fully saturated rings. The van der Waals surface area contributed by atoms with Crippen LogP contribution in [-0.4, -0.2) is 28.1 Å². The molecule has 5 nitrogen and oxygen atoms in total. The van der Waals surface area contributed by atoms with E-state index in [1.165, 1.54) is 19.3 Å². The van der Waals surface area contributed by atoms with E-state index in [0.717, 1.165) is 25.5 Å². The van der Waals surface area contributed by atoms with Crippen LogP contribution in [0.1, 0.15) is 44.8 Å². The van der Waals surface area contributed by atoms with Gasteiger partial charge in [-0.1, -0.05) is 19.0 Å². The second-order valence-electron chi connectivity index (χ2n) is 5.29. The molecule has 2 rings (SSSR count). The summed E-state index contributed by atoms with van der Waals surface area (Å²) in [6.07, 6.45) is 3.80. The van der Waals surface area contributed by atoms with E-state index in [2.05, 4.69) is 28.9 Å². The van der Waals surface area contributed by atoms with Gasteiger partial charge >= 0.3 is 0 Å². The molecule has 0 bridgehead atoms. The molecule has 18 heavy (non-hydrogen) atoms. The van der Waals surface area contributed by atoms with Crippen molar-refractivity contribution in [2.45, 2.75) is 46.2 Å². The van der Waals surface area contributed by atoms with Crippen molar-refractivity contribution in [2.24, 2.45) is 11.1 Å². The van der Waals surface area contributed by atoms with E-state index in [4.69, 9.17) is 10.3 Å². The standard InChI is InChI=1S/C12H22N4O.ClH/c1-3-12(2)5-4-6-16(9-12)8-10-14-11(7-13)17-15-10;/h3-9,13H2,1-2H3;1H. The van der Waals surface area contributed by atoms with Crippen molar-refractivity contribution >= 4 is 12.4 Å². The largest absolute Gasteiger partial charge is 0.338 e. The molecule has 0 saturated carbocycles. The second kappa shape index (κ2) is 6.50. The van der Waals surface area contributed by atoms with E-state index < -0.39 is 0 Å². The van der Waals surface area contributed by atoms with Crippen LogP contribution in [0.15, 0.2) is 4.52 Å². The highest BCUT2D eigenvalue weighted by atomic mass is 35.5. The molecule has 2 heterocycles. The third-order valence-corrected chi connectivity index (χ3v) is 3.76. The molecule has 1 aromatic heterocycles. The minimum Gasteiger partial charge on any atom is -0.338 e. The van der Waals surface area contributed by atoms with Gasteiger partial charge in [-0.25, -0.2) is 0 Å².